The van der Waals surface area contributed by atoms with Gasteiger partial charge < -0.3 is 5.32 Å². The molecule has 0 saturated heterocycles. The number of nitrogens with one attached hydrogen (secondary N) is 1. The van der Waals surface area contributed by atoms with Crippen molar-refractivity contribution in [2.45, 2.75) is 19.3 Å². The maximum Gasteiger partial charge on any atom is 0.435 e. The van der Waals surface area contributed by atoms with Gasteiger partial charge in [-0.25, -0.2) is 4.39 Å². The van der Waals surface area contributed by atoms with Gasteiger partial charge in [0.15, 0.2) is 11.5 Å². The Kier molecular flexibility index (Phi) is 5.17. The summed E-state index contributed by atoms with van der Waals surface area (Å²) in [5.41, 5.74) is -0.439. The third kappa shape index (κ3) is 4.85. The molecule has 0 aliphatic rings. The normalized spacial score (nSPS) is 11.6. The number of halogens is 5. The molecule has 11 heteroatoms. The molecule has 3 aromatic rings. The van der Waals surface area contributed by atoms with Gasteiger partial charge in [0.2, 0.25) is 5.91 Å². The van der Waals surface area contributed by atoms with Gasteiger partial charge in [-0.2, -0.15) is 23.4 Å². The average Bonchev–Trinajstić information content (AvgIpc) is 3.19. The van der Waals surface area contributed by atoms with Crippen molar-refractivity contribution in [3.05, 3.63) is 64.8 Å². The highest BCUT2D eigenvalue weighted by molar-refractivity contribution is 6.31. The lowest BCUT2D eigenvalue weighted by Crippen LogP contribution is -2.20. The molecule has 1 N–H and O–H groups in total. The van der Waals surface area contributed by atoms with Crippen LogP contribution in [-0.2, 0) is 24.1 Å². The highest BCUT2D eigenvalue weighted by atomic mass is 35.5. The molecular formula is C16H12ClF4N5O. The number of rotatable bonds is 5. The van der Waals surface area contributed by atoms with Crippen LogP contribution in [0.1, 0.15) is 11.3 Å². The quantitative estimate of drug-likeness (QED) is 0.665. The average molecular weight is 402 g/mol. The summed E-state index contributed by atoms with van der Waals surface area (Å²) in [6.07, 6.45) is -1.93. The van der Waals surface area contributed by atoms with E-state index in [-0.39, 0.29) is 17.4 Å². The number of anilines is 1. The van der Waals surface area contributed by atoms with Crippen LogP contribution in [0.25, 0.3) is 0 Å². The number of hydrogen-bond acceptors (Lipinski definition) is 3. The molecule has 2 aromatic heterocycles. The van der Waals surface area contributed by atoms with Crippen LogP contribution in [0.5, 0.6) is 0 Å². The van der Waals surface area contributed by atoms with E-state index in [0.29, 0.717) is 5.56 Å². The van der Waals surface area contributed by atoms with Crippen LogP contribution in [0, 0.1) is 5.82 Å². The summed E-state index contributed by atoms with van der Waals surface area (Å²) in [6.45, 7) is -0.143. The van der Waals surface area contributed by atoms with E-state index in [1.807, 2.05) is 0 Å². The maximum atomic E-state index is 13.1. The molecule has 1 aromatic carbocycles. The standard InChI is InChI=1S/C16H12ClF4N5O/c17-12-7-11(18)2-1-10(12)8-25-6-4-14(24-25)22-15(27)9-26-5-3-13(23-26)16(19,20)21/h1-7H,8-9H2,(H,22,24,27). The Morgan fingerprint density at radius 2 is 1.85 bits per heavy atom. The van der Waals surface area contributed by atoms with Gasteiger partial charge in [-0.1, -0.05) is 17.7 Å². The monoisotopic (exact) mass is 401 g/mol. The fourth-order valence-electron chi connectivity index (χ4n) is 2.27. The minimum absolute atomic E-state index is 0.210. The van der Waals surface area contributed by atoms with Gasteiger partial charge in [-0.15, -0.1) is 0 Å². The van der Waals surface area contributed by atoms with Crippen LogP contribution in [0.3, 0.4) is 0 Å². The van der Waals surface area contributed by atoms with Gasteiger partial charge >= 0.3 is 6.18 Å². The van der Waals surface area contributed by atoms with Crippen LogP contribution in [-0.4, -0.2) is 25.5 Å². The van der Waals surface area contributed by atoms with Crippen molar-refractivity contribution in [2.24, 2.45) is 0 Å². The molecule has 6 nitrogen and oxygen atoms in total. The van der Waals surface area contributed by atoms with Crippen LogP contribution in [0.15, 0.2) is 42.7 Å². The molecule has 0 unspecified atom stereocenters. The second-order valence-electron chi connectivity index (χ2n) is 5.58. The second-order valence-corrected chi connectivity index (χ2v) is 5.99. The molecule has 0 aliphatic carbocycles. The number of nitrogens with zero attached hydrogens (tertiary/aromatic N) is 4. The van der Waals surface area contributed by atoms with Gasteiger partial charge in [0.1, 0.15) is 12.4 Å². The van der Waals surface area contributed by atoms with Crippen LogP contribution < -0.4 is 5.32 Å². The van der Waals surface area contributed by atoms with Crippen LogP contribution in [0.2, 0.25) is 5.02 Å². The summed E-state index contributed by atoms with van der Waals surface area (Å²) in [5, 5.41) is 10.1. The zero-order chi connectivity index (χ0) is 19.6. The van der Waals surface area contributed by atoms with Gasteiger partial charge in [-0.3, -0.25) is 14.2 Å². The Morgan fingerprint density at radius 1 is 1.11 bits per heavy atom. The van der Waals surface area contributed by atoms with E-state index < -0.39 is 30.1 Å². The van der Waals surface area contributed by atoms with Crippen molar-refractivity contribution < 1.29 is 22.4 Å². The molecule has 0 fully saturated rings. The van der Waals surface area contributed by atoms with E-state index in [9.17, 15) is 22.4 Å². The van der Waals surface area contributed by atoms with Crippen molar-refractivity contribution in [1.82, 2.24) is 19.6 Å². The summed E-state index contributed by atoms with van der Waals surface area (Å²) in [4.78, 5) is 11.9. The van der Waals surface area contributed by atoms with Crippen molar-refractivity contribution in [3.8, 4) is 0 Å². The SMILES string of the molecule is O=C(Cn1ccc(C(F)(F)F)n1)Nc1ccn(Cc2ccc(F)cc2Cl)n1. The number of alkyl halides is 3. The number of amides is 1. The van der Waals surface area contributed by atoms with Crippen LogP contribution in [0.4, 0.5) is 23.4 Å². The first-order valence-corrected chi connectivity index (χ1v) is 7.96. The molecule has 2 heterocycles. The Labute approximate surface area is 155 Å². The van der Waals surface area contributed by atoms with E-state index in [1.165, 1.54) is 28.9 Å². The fraction of sp³-hybridized carbons (Fsp3) is 0.188. The van der Waals surface area contributed by atoms with E-state index in [4.69, 9.17) is 11.6 Å². The van der Waals surface area contributed by atoms with E-state index in [1.54, 1.807) is 6.20 Å². The third-order valence-corrected chi connectivity index (χ3v) is 3.84. The zero-order valence-corrected chi connectivity index (χ0v) is 14.3. The van der Waals surface area contributed by atoms with Gasteiger partial charge in [0.25, 0.3) is 0 Å². The highest BCUT2D eigenvalue weighted by Crippen LogP contribution is 2.27. The lowest BCUT2D eigenvalue weighted by molar-refractivity contribution is -0.141. The number of carbonyl (C=O) groups is 1. The molecular weight excluding hydrogens is 390 g/mol. The van der Waals surface area contributed by atoms with E-state index >= 15 is 0 Å². The van der Waals surface area contributed by atoms with Crippen molar-refractivity contribution >= 4 is 23.3 Å². The third-order valence-electron chi connectivity index (χ3n) is 3.49. The lowest BCUT2D eigenvalue weighted by atomic mass is 10.2. The predicted octanol–water partition coefficient (Wildman–Crippen LogP) is 3.58. The first-order valence-electron chi connectivity index (χ1n) is 7.58. The first-order chi connectivity index (χ1) is 12.7. The summed E-state index contributed by atoms with van der Waals surface area (Å²) in [6, 6.07) is 6.27. The molecule has 1 amide bonds. The number of benzene rings is 1. The van der Waals surface area contributed by atoms with Crippen molar-refractivity contribution in [2.75, 3.05) is 5.32 Å². The molecule has 142 valence electrons. The van der Waals surface area contributed by atoms with E-state index in [0.717, 1.165) is 16.9 Å². The number of hydrogen-bond donors (Lipinski definition) is 1. The maximum absolute atomic E-state index is 13.1. The Balaban J connectivity index is 1.60. The zero-order valence-electron chi connectivity index (χ0n) is 13.5. The minimum atomic E-state index is -4.57. The molecule has 0 aliphatic heterocycles. The summed E-state index contributed by atoms with van der Waals surface area (Å²) in [5.74, 6) is -0.831. The number of carbonyl (C=O) groups excluding carboxylic acids is 1. The molecule has 0 spiro atoms. The Bertz CT molecular complexity index is 966. The largest absolute Gasteiger partial charge is 0.435 e. The van der Waals surface area contributed by atoms with Crippen molar-refractivity contribution in [1.29, 1.82) is 0 Å². The summed E-state index contributed by atoms with van der Waals surface area (Å²) in [7, 11) is 0. The molecule has 0 atom stereocenters. The lowest BCUT2D eigenvalue weighted by Gasteiger charge is -2.05. The summed E-state index contributed by atoms with van der Waals surface area (Å²) >= 11 is 5.95. The van der Waals surface area contributed by atoms with Gasteiger partial charge in [0.05, 0.1) is 6.54 Å². The van der Waals surface area contributed by atoms with Crippen LogP contribution >= 0.6 is 11.6 Å². The minimum Gasteiger partial charge on any atom is -0.308 e. The summed E-state index contributed by atoms with van der Waals surface area (Å²) < 4.78 is 52.9. The smallest absolute Gasteiger partial charge is 0.308 e. The molecule has 3 rings (SSSR count). The van der Waals surface area contributed by atoms with E-state index in [2.05, 4.69) is 15.5 Å². The topological polar surface area (TPSA) is 64.7 Å². The van der Waals surface area contributed by atoms with Crippen molar-refractivity contribution in [3.63, 3.8) is 0 Å². The predicted molar refractivity (Wildman–Crippen MR) is 88.6 cm³/mol. The molecule has 27 heavy (non-hydrogen) atoms. The Hall–Kier alpha value is -2.88. The fourth-order valence-corrected chi connectivity index (χ4v) is 2.50. The number of aromatic nitrogens is 4. The molecule has 0 saturated carbocycles. The first kappa shape index (κ1) is 18.9. The highest BCUT2D eigenvalue weighted by Gasteiger charge is 2.33. The molecule has 0 bridgehead atoms. The second kappa shape index (κ2) is 7.39. The molecule has 0 radical (unpaired) electrons. The Morgan fingerprint density at radius 3 is 2.52 bits per heavy atom. The van der Waals surface area contributed by atoms with Gasteiger partial charge in [0, 0.05) is 23.5 Å². The van der Waals surface area contributed by atoms with Gasteiger partial charge in [-0.05, 0) is 23.8 Å².